The lowest BCUT2D eigenvalue weighted by molar-refractivity contribution is -0.150. The molecule has 3 aliphatic heterocycles. The number of carboxylic acid groups (broad SMARTS) is 1. The molecular weight excluding hydrogens is 468 g/mol. The summed E-state index contributed by atoms with van der Waals surface area (Å²) in [6.45, 7) is 0.539. The zero-order valence-corrected chi connectivity index (χ0v) is 19.1. The molecule has 5 rings (SSSR count). The largest absolute Gasteiger partial charge is 0.477 e. The van der Waals surface area contributed by atoms with Crippen molar-refractivity contribution in [3.05, 3.63) is 28.6 Å². The molecule has 4 aliphatic rings. The lowest BCUT2D eigenvalue weighted by Gasteiger charge is -2.49. The second-order valence-corrected chi connectivity index (χ2v) is 10.4. The highest BCUT2D eigenvalue weighted by Gasteiger charge is 2.54. The standard InChI is InChI=1S/C20H22N6O5S2/c27-13(8-32-14-6-22-25-24-14)23-15-18(29)26-16(20(30)31)12(7-33-19(15)26)11(5-9-1-2-9)10-3-4-21-17(10)28/h6,9,15,19H,1-5,7-8H2,(H,21,28)(H,23,27)(H,30,31)(H,22,24,25)/t15-,19-/m1/s1. The summed E-state index contributed by atoms with van der Waals surface area (Å²) in [5.74, 6) is -1.25. The molecule has 3 fully saturated rings. The van der Waals surface area contributed by atoms with Gasteiger partial charge in [-0.1, -0.05) is 11.8 Å². The Hall–Kier alpha value is -2.80. The number of allylic oxidation sites excluding steroid dienone is 1. The van der Waals surface area contributed by atoms with E-state index in [0.717, 1.165) is 18.4 Å². The van der Waals surface area contributed by atoms with E-state index in [-0.39, 0.29) is 23.3 Å². The minimum absolute atomic E-state index is 0.0610. The minimum Gasteiger partial charge on any atom is -0.477 e. The number of carbonyl (C=O) groups is 4. The van der Waals surface area contributed by atoms with Gasteiger partial charge >= 0.3 is 5.97 Å². The number of nitrogens with zero attached hydrogens (tertiary/aromatic N) is 3. The third-order valence-electron chi connectivity index (χ3n) is 6.08. The summed E-state index contributed by atoms with van der Waals surface area (Å²) in [5, 5.41) is 25.6. The molecule has 13 heteroatoms. The second-order valence-electron chi connectivity index (χ2n) is 8.29. The zero-order chi connectivity index (χ0) is 23.1. The summed E-state index contributed by atoms with van der Waals surface area (Å²) >= 11 is 2.60. The van der Waals surface area contributed by atoms with Gasteiger partial charge in [0.25, 0.3) is 5.91 Å². The van der Waals surface area contributed by atoms with E-state index in [2.05, 4.69) is 26.0 Å². The minimum atomic E-state index is -1.19. The molecule has 33 heavy (non-hydrogen) atoms. The summed E-state index contributed by atoms with van der Waals surface area (Å²) in [4.78, 5) is 51.2. The number of rotatable bonds is 8. The van der Waals surface area contributed by atoms with Crippen molar-refractivity contribution in [2.75, 3.05) is 18.1 Å². The van der Waals surface area contributed by atoms with Crippen LogP contribution in [0.15, 0.2) is 33.6 Å². The Labute approximate surface area is 197 Å². The molecule has 1 saturated carbocycles. The molecule has 2 atom stereocenters. The van der Waals surface area contributed by atoms with Crippen molar-refractivity contribution in [3.8, 4) is 0 Å². The molecule has 3 amide bonds. The SMILES string of the molecule is O=C(CSc1cn[nH]n1)N[C@@H]1C(=O)N2C(C(=O)O)=C(C(CC3CC3)=C3CCNC3=O)CS[C@H]12. The number of nitrogens with one attached hydrogen (secondary N) is 3. The highest BCUT2D eigenvalue weighted by Crippen LogP contribution is 2.46. The average molecular weight is 491 g/mol. The number of thioether (sulfide) groups is 2. The van der Waals surface area contributed by atoms with Crippen molar-refractivity contribution in [1.29, 1.82) is 0 Å². The molecule has 1 aromatic rings. The van der Waals surface area contributed by atoms with Gasteiger partial charge in [-0.05, 0) is 42.7 Å². The first kappa shape index (κ1) is 22.0. The number of carbonyl (C=O) groups excluding carboxylic acids is 3. The average Bonchev–Trinajstić information content (AvgIpc) is 3.27. The van der Waals surface area contributed by atoms with Crippen molar-refractivity contribution < 1.29 is 24.3 Å². The Balaban J connectivity index is 1.36. The van der Waals surface area contributed by atoms with Crippen molar-refractivity contribution in [2.24, 2.45) is 5.92 Å². The van der Waals surface area contributed by atoms with Gasteiger partial charge in [0.2, 0.25) is 11.8 Å². The van der Waals surface area contributed by atoms with Gasteiger partial charge in [-0.3, -0.25) is 19.3 Å². The van der Waals surface area contributed by atoms with Crippen LogP contribution in [-0.4, -0.2) is 78.6 Å². The lowest BCUT2D eigenvalue weighted by Crippen LogP contribution is -2.70. The van der Waals surface area contributed by atoms with Crippen LogP contribution in [0.2, 0.25) is 0 Å². The van der Waals surface area contributed by atoms with Gasteiger partial charge in [0, 0.05) is 17.9 Å². The Morgan fingerprint density at radius 1 is 1.33 bits per heavy atom. The smallest absolute Gasteiger partial charge is 0.352 e. The number of aliphatic carboxylic acids is 1. The maximum absolute atomic E-state index is 12.9. The maximum Gasteiger partial charge on any atom is 0.352 e. The molecule has 0 unspecified atom stereocenters. The van der Waals surface area contributed by atoms with Crippen LogP contribution in [0.25, 0.3) is 0 Å². The van der Waals surface area contributed by atoms with Gasteiger partial charge in [0.1, 0.15) is 22.1 Å². The highest BCUT2D eigenvalue weighted by atomic mass is 32.2. The fraction of sp³-hybridized carbons (Fsp3) is 0.500. The van der Waals surface area contributed by atoms with Crippen LogP contribution in [0, 0.1) is 5.92 Å². The third-order valence-corrected chi connectivity index (χ3v) is 8.26. The Bertz CT molecular complexity index is 1080. The first-order valence-corrected chi connectivity index (χ1v) is 12.7. The number of aromatic nitrogens is 3. The van der Waals surface area contributed by atoms with E-state index in [0.29, 0.717) is 47.2 Å². The van der Waals surface area contributed by atoms with Crippen LogP contribution in [0.5, 0.6) is 0 Å². The number of hydrogen-bond donors (Lipinski definition) is 4. The third kappa shape index (κ3) is 4.26. The summed E-state index contributed by atoms with van der Waals surface area (Å²) < 4.78 is 0. The number of H-pyrrole nitrogens is 1. The Morgan fingerprint density at radius 2 is 2.15 bits per heavy atom. The van der Waals surface area contributed by atoms with E-state index in [1.54, 1.807) is 0 Å². The molecule has 4 heterocycles. The van der Waals surface area contributed by atoms with Crippen LogP contribution >= 0.6 is 23.5 Å². The maximum atomic E-state index is 12.9. The number of β-lactam (4-membered cyclic amide) rings is 1. The van der Waals surface area contributed by atoms with Crippen molar-refractivity contribution in [1.82, 2.24) is 30.9 Å². The normalized spacial score (nSPS) is 26.0. The first-order chi connectivity index (χ1) is 15.9. The number of carboxylic acids is 1. The number of aromatic amines is 1. The summed E-state index contributed by atoms with van der Waals surface area (Å²) in [5.41, 5.74) is 1.91. The molecule has 0 aromatic carbocycles. The van der Waals surface area contributed by atoms with Crippen LogP contribution < -0.4 is 10.6 Å². The van der Waals surface area contributed by atoms with Crippen LogP contribution in [-0.2, 0) is 19.2 Å². The van der Waals surface area contributed by atoms with Crippen LogP contribution in [0.3, 0.4) is 0 Å². The molecule has 1 aromatic heterocycles. The van der Waals surface area contributed by atoms with E-state index in [4.69, 9.17) is 0 Å². The topological polar surface area (TPSA) is 157 Å². The van der Waals surface area contributed by atoms with Crippen molar-refractivity contribution >= 4 is 47.2 Å². The Kier molecular flexibility index (Phi) is 5.91. The predicted molar refractivity (Wildman–Crippen MR) is 119 cm³/mol. The van der Waals surface area contributed by atoms with Gasteiger partial charge in [-0.2, -0.15) is 10.3 Å². The van der Waals surface area contributed by atoms with Crippen molar-refractivity contribution in [2.45, 2.75) is 42.1 Å². The van der Waals surface area contributed by atoms with Crippen LogP contribution in [0.4, 0.5) is 0 Å². The molecule has 4 N–H and O–H groups in total. The molecule has 11 nitrogen and oxygen atoms in total. The molecule has 0 spiro atoms. The van der Waals surface area contributed by atoms with Gasteiger partial charge < -0.3 is 15.7 Å². The molecule has 174 valence electrons. The number of amides is 3. The fourth-order valence-electron chi connectivity index (χ4n) is 4.31. The highest BCUT2D eigenvalue weighted by molar-refractivity contribution is 8.00. The van der Waals surface area contributed by atoms with Gasteiger partial charge in [0.05, 0.1) is 11.9 Å². The van der Waals surface area contributed by atoms with Gasteiger partial charge in [0.15, 0.2) is 0 Å². The Morgan fingerprint density at radius 3 is 2.79 bits per heavy atom. The summed E-state index contributed by atoms with van der Waals surface area (Å²) in [7, 11) is 0. The summed E-state index contributed by atoms with van der Waals surface area (Å²) in [6, 6.07) is -0.786. The zero-order valence-electron chi connectivity index (χ0n) is 17.5. The lowest BCUT2D eigenvalue weighted by atomic mass is 9.91. The molecule has 0 radical (unpaired) electrons. The van der Waals surface area contributed by atoms with E-state index in [1.807, 2.05) is 0 Å². The second kappa shape index (κ2) is 8.86. The van der Waals surface area contributed by atoms with Gasteiger partial charge in [-0.15, -0.1) is 16.9 Å². The van der Waals surface area contributed by atoms with E-state index >= 15 is 0 Å². The van der Waals surface area contributed by atoms with E-state index in [9.17, 15) is 24.3 Å². The van der Waals surface area contributed by atoms with E-state index in [1.165, 1.54) is 34.6 Å². The molecule has 2 saturated heterocycles. The van der Waals surface area contributed by atoms with E-state index < -0.39 is 23.3 Å². The monoisotopic (exact) mass is 490 g/mol. The first-order valence-electron chi connectivity index (χ1n) is 10.6. The fourth-order valence-corrected chi connectivity index (χ4v) is 6.29. The number of hydrogen-bond acceptors (Lipinski definition) is 8. The van der Waals surface area contributed by atoms with Crippen molar-refractivity contribution in [3.63, 3.8) is 0 Å². The number of fused-ring (bicyclic) bond motifs is 1. The van der Waals surface area contributed by atoms with Crippen LogP contribution in [0.1, 0.15) is 25.7 Å². The molecular formula is C20H22N6O5S2. The van der Waals surface area contributed by atoms with Gasteiger partial charge in [-0.25, -0.2) is 4.79 Å². The predicted octanol–water partition coefficient (Wildman–Crippen LogP) is 0.252. The summed E-state index contributed by atoms with van der Waals surface area (Å²) in [6.07, 6.45) is 4.83. The quantitative estimate of drug-likeness (QED) is 0.228. The molecule has 0 bridgehead atoms. The molecule has 1 aliphatic carbocycles.